The van der Waals surface area contributed by atoms with Gasteiger partial charge in [0.1, 0.15) is 0 Å². The average Bonchev–Trinajstić information content (AvgIpc) is 2.64. The van der Waals surface area contributed by atoms with Crippen LogP contribution >= 0.6 is 0 Å². The zero-order valence-corrected chi connectivity index (χ0v) is 11.4. The van der Waals surface area contributed by atoms with E-state index in [9.17, 15) is 13.2 Å². The van der Waals surface area contributed by atoms with Crippen LogP contribution in [0.15, 0.2) is 32.3 Å². The standard InChI is InChI=1S/C11H15N3O4S/c1-7(6-12)13-19(16,17)8-3-4-9-10(5-8)18-11(15)14(9)2/h3-5,7,13H,6,12H2,1-2H3/t7-/m1/s1. The molecule has 1 heterocycles. The summed E-state index contributed by atoms with van der Waals surface area (Å²) in [5.74, 6) is -0.534. The van der Waals surface area contributed by atoms with Gasteiger partial charge in [-0.05, 0) is 19.1 Å². The molecule has 7 nitrogen and oxygen atoms in total. The van der Waals surface area contributed by atoms with Gasteiger partial charge in [0.15, 0.2) is 5.58 Å². The number of hydrogen-bond donors (Lipinski definition) is 2. The molecule has 0 radical (unpaired) electrons. The highest BCUT2D eigenvalue weighted by Crippen LogP contribution is 2.17. The summed E-state index contributed by atoms with van der Waals surface area (Å²) in [7, 11) is -2.12. The molecule has 0 aliphatic carbocycles. The van der Waals surface area contributed by atoms with Gasteiger partial charge in [-0.25, -0.2) is 17.9 Å². The second-order valence-corrected chi connectivity index (χ2v) is 6.03. The van der Waals surface area contributed by atoms with E-state index in [4.69, 9.17) is 10.2 Å². The number of fused-ring (bicyclic) bond motifs is 1. The number of benzene rings is 1. The third-order valence-electron chi connectivity index (χ3n) is 2.78. The summed E-state index contributed by atoms with van der Waals surface area (Å²) in [6.07, 6.45) is 0. The van der Waals surface area contributed by atoms with Crippen molar-refractivity contribution in [1.82, 2.24) is 9.29 Å². The fourth-order valence-corrected chi connectivity index (χ4v) is 2.93. The van der Waals surface area contributed by atoms with Crippen LogP contribution in [0.25, 0.3) is 11.1 Å². The summed E-state index contributed by atoms with van der Waals surface area (Å²) in [5, 5.41) is 0. The molecule has 1 aromatic carbocycles. The lowest BCUT2D eigenvalue weighted by molar-refractivity contribution is 0.527. The maximum Gasteiger partial charge on any atom is 0.419 e. The molecule has 0 saturated heterocycles. The summed E-state index contributed by atoms with van der Waals surface area (Å²) >= 11 is 0. The lowest BCUT2D eigenvalue weighted by Gasteiger charge is -2.11. The molecule has 0 saturated carbocycles. The predicted molar refractivity (Wildman–Crippen MR) is 70.3 cm³/mol. The van der Waals surface area contributed by atoms with E-state index in [0.29, 0.717) is 5.52 Å². The summed E-state index contributed by atoms with van der Waals surface area (Å²) in [6, 6.07) is 3.90. The third kappa shape index (κ3) is 2.55. The van der Waals surface area contributed by atoms with Crippen LogP contribution in [0.5, 0.6) is 0 Å². The largest absolute Gasteiger partial charge is 0.419 e. The maximum atomic E-state index is 12.0. The Balaban J connectivity index is 2.49. The van der Waals surface area contributed by atoms with Gasteiger partial charge in [-0.2, -0.15) is 0 Å². The number of nitrogens with two attached hydrogens (primary N) is 1. The predicted octanol–water partition coefficient (Wildman–Crippen LogP) is -0.243. The van der Waals surface area contributed by atoms with Gasteiger partial charge in [-0.15, -0.1) is 0 Å². The van der Waals surface area contributed by atoms with Crippen molar-refractivity contribution in [2.45, 2.75) is 17.9 Å². The number of rotatable bonds is 4. The Morgan fingerprint density at radius 2 is 2.16 bits per heavy atom. The molecule has 0 bridgehead atoms. The zero-order valence-electron chi connectivity index (χ0n) is 10.6. The van der Waals surface area contributed by atoms with Crippen LogP contribution < -0.4 is 16.2 Å². The van der Waals surface area contributed by atoms with E-state index in [0.717, 1.165) is 0 Å². The quantitative estimate of drug-likeness (QED) is 0.806. The Bertz CT molecular complexity index is 760. The minimum absolute atomic E-state index is 0.0367. The highest BCUT2D eigenvalue weighted by Gasteiger charge is 2.18. The van der Waals surface area contributed by atoms with Crippen LogP contribution in [0.1, 0.15) is 6.92 Å². The fourth-order valence-electron chi connectivity index (χ4n) is 1.66. The van der Waals surface area contributed by atoms with Crippen LogP contribution in [0.4, 0.5) is 0 Å². The first-order valence-electron chi connectivity index (χ1n) is 5.67. The van der Waals surface area contributed by atoms with Crippen molar-refractivity contribution in [3.05, 3.63) is 28.7 Å². The molecule has 0 fully saturated rings. The van der Waals surface area contributed by atoms with Gasteiger partial charge in [0, 0.05) is 25.7 Å². The van der Waals surface area contributed by atoms with Crippen molar-refractivity contribution in [3.63, 3.8) is 0 Å². The molecule has 104 valence electrons. The minimum Gasteiger partial charge on any atom is -0.408 e. The number of aryl methyl sites for hydroxylation is 1. The van der Waals surface area contributed by atoms with Gasteiger partial charge in [-0.3, -0.25) is 4.57 Å². The fraction of sp³-hybridized carbons (Fsp3) is 0.364. The molecule has 2 aromatic rings. The molecule has 0 aliphatic heterocycles. The first-order chi connectivity index (χ1) is 8.85. The number of aromatic nitrogens is 1. The number of hydrogen-bond acceptors (Lipinski definition) is 5. The molecule has 0 spiro atoms. The molecule has 0 amide bonds. The van der Waals surface area contributed by atoms with Crippen molar-refractivity contribution < 1.29 is 12.8 Å². The Hall–Kier alpha value is -1.64. The lowest BCUT2D eigenvalue weighted by Crippen LogP contribution is -2.37. The molecule has 1 aromatic heterocycles. The minimum atomic E-state index is -3.67. The van der Waals surface area contributed by atoms with Crippen LogP contribution in [0.2, 0.25) is 0 Å². The summed E-state index contributed by atoms with van der Waals surface area (Å²) < 4.78 is 32.8. The summed E-state index contributed by atoms with van der Waals surface area (Å²) in [6.45, 7) is 1.86. The molecule has 3 N–H and O–H groups in total. The van der Waals surface area contributed by atoms with Gasteiger partial charge in [0.25, 0.3) is 0 Å². The molecule has 8 heteroatoms. The van der Waals surface area contributed by atoms with Gasteiger partial charge in [0.05, 0.1) is 10.4 Å². The van der Waals surface area contributed by atoms with Crippen molar-refractivity contribution in [2.24, 2.45) is 12.8 Å². The molecule has 2 rings (SSSR count). The molecular formula is C11H15N3O4S. The molecule has 0 unspecified atom stereocenters. The molecule has 0 aliphatic rings. The Morgan fingerprint density at radius 1 is 1.47 bits per heavy atom. The SMILES string of the molecule is C[C@H](CN)NS(=O)(=O)c1ccc2c(c1)oc(=O)n2C. The van der Waals surface area contributed by atoms with Gasteiger partial charge < -0.3 is 10.2 Å². The Labute approximate surface area is 110 Å². The lowest BCUT2D eigenvalue weighted by atomic mass is 10.3. The first-order valence-corrected chi connectivity index (χ1v) is 7.15. The normalized spacial score (nSPS) is 13.8. The van der Waals surface area contributed by atoms with Crippen molar-refractivity contribution in [1.29, 1.82) is 0 Å². The van der Waals surface area contributed by atoms with E-state index in [2.05, 4.69) is 4.72 Å². The Kier molecular flexibility index (Phi) is 3.48. The highest BCUT2D eigenvalue weighted by atomic mass is 32.2. The number of oxazole rings is 1. The van der Waals surface area contributed by atoms with Crippen LogP contribution in [-0.4, -0.2) is 25.6 Å². The van der Waals surface area contributed by atoms with Gasteiger partial charge in [-0.1, -0.05) is 0 Å². The van der Waals surface area contributed by atoms with E-state index in [1.807, 2.05) is 0 Å². The van der Waals surface area contributed by atoms with Crippen LogP contribution in [0.3, 0.4) is 0 Å². The number of nitrogens with one attached hydrogen (secondary N) is 1. The average molecular weight is 285 g/mol. The summed E-state index contributed by atoms with van der Waals surface area (Å²) in [5.41, 5.74) is 6.15. The van der Waals surface area contributed by atoms with Crippen LogP contribution in [-0.2, 0) is 17.1 Å². The Morgan fingerprint density at radius 3 is 2.79 bits per heavy atom. The summed E-state index contributed by atoms with van der Waals surface area (Å²) in [4.78, 5) is 11.4. The van der Waals surface area contributed by atoms with E-state index in [-0.39, 0.29) is 23.1 Å². The number of sulfonamides is 1. The molecular weight excluding hydrogens is 270 g/mol. The smallest absolute Gasteiger partial charge is 0.408 e. The van der Waals surface area contributed by atoms with Crippen molar-refractivity contribution in [3.8, 4) is 0 Å². The highest BCUT2D eigenvalue weighted by molar-refractivity contribution is 7.89. The third-order valence-corrected chi connectivity index (χ3v) is 4.37. The van der Waals surface area contributed by atoms with Gasteiger partial charge in [0.2, 0.25) is 10.0 Å². The van der Waals surface area contributed by atoms with E-state index in [1.54, 1.807) is 14.0 Å². The van der Waals surface area contributed by atoms with E-state index >= 15 is 0 Å². The topological polar surface area (TPSA) is 107 Å². The van der Waals surface area contributed by atoms with Crippen LogP contribution in [0, 0.1) is 0 Å². The second-order valence-electron chi connectivity index (χ2n) is 4.31. The second kappa shape index (κ2) is 4.80. The monoisotopic (exact) mass is 285 g/mol. The van der Waals surface area contributed by atoms with Crippen molar-refractivity contribution in [2.75, 3.05) is 6.54 Å². The molecule has 1 atom stereocenters. The first kappa shape index (κ1) is 13.8. The van der Waals surface area contributed by atoms with Crippen molar-refractivity contribution >= 4 is 21.1 Å². The zero-order chi connectivity index (χ0) is 14.2. The van der Waals surface area contributed by atoms with Gasteiger partial charge >= 0.3 is 5.76 Å². The maximum absolute atomic E-state index is 12.0. The van der Waals surface area contributed by atoms with E-state index in [1.165, 1.54) is 22.8 Å². The number of nitrogens with zero attached hydrogens (tertiary/aromatic N) is 1. The molecule has 19 heavy (non-hydrogen) atoms. The van der Waals surface area contributed by atoms with E-state index < -0.39 is 15.8 Å².